The predicted octanol–water partition coefficient (Wildman–Crippen LogP) is 5.30. The summed E-state index contributed by atoms with van der Waals surface area (Å²) in [7, 11) is 1.71. The molecule has 23 heavy (non-hydrogen) atoms. The smallest absolute Gasteiger partial charge is 0.240 e. The number of fused-ring (bicyclic) bond motifs is 1. The lowest BCUT2D eigenvalue weighted by Gasteiger charge is -2.32. The van der Waals surface area contributed by atoms with Crippen molar-refractivity contribution >= 4 is 23.4 Å². The van der Waals surface area contributed by atoms with Gasteiger partial charge in [-0.2, -0.15) is 0 Å². The van der Waals surface area contributed by atoms with E-state index >= 15 is 0 Å². The van der Waals surface area contributed by atoms with Gasteiger partial charge in [-0.15, -0.1) is 11.8 Å². The van der Waals surface area contributed by atoms with Gasteiger partial charge in [0.15, 0.2) is 0 Å². The Morgan fingerprint density at radius 3 is 2.43 bits per heavy atom. The van der Waals surface area contributed by atoms with Crippen LogP contribution in [0.2, 0.25) is 0 Å². The molecule has 1 aromatic carbocycles. The highest BCUT2D eigenvalue weighted by molar-refractivity contribution is 8.00. The van der Waals surface area contributed by atoms with E-state index in [2.05, 4.69) is 25.1 Å². The molecule has 0 spiro atoms. The molecule has 3 nitrogen and oxygen atoms in total. The second-order valence-corrected chi connectivity index (χ2v) is 6.30. The summed E-state index contributed by atoms with van der Waals surface area (Å²) in [6.45, 7) is 13.6. The SMILES string of the molecule is CC.CC.COCCCCN1C(=O)C(C)Sc2ccc(C)cc21. The molecule has 1 aliphatic heterocycles. The molecule has 0 aliphatic carbocycles. The Labute approximate surface area is 146 Å². The summed E-state index contributed by atoms with van der Waals surface area (Å²) in [4.78, 5) is 15.5. The van der Waals surface area contributed by atoms with Crippen LogP contribution in [0.4, 0.5) is 5.69 Å². The molecule has 0 saturated heterocycles. The van der Waals surface area contributed by atoms with Gasteiger partial charge in [0.2, 0.25) is 5.91 Å². The number of amides is 1. The lowest BCUT2D eigenvalue weighted by atomic mass is 10.1. The molecule has 0 N–H and O–H groups in total. The first-order chi connectivity index (χ1) is 11.1. The molecule has 0 fully saturated rings. The van der Waals surface area contributed by atoms with Crippen LogP contribution in [0.15, 0.2) is 23.1 Å². The van der Waals surface area contributed by atoms with Crippen molar-refractivity contribution in [2.24, 2.45) is 0 Å². The van der Waals surface area contributed by atoms with Crippen LogP contribution in [0.5, 0.6) is 0 Å². The van der Waals surface area contributed by atoms with Crippen LogP contribution in [0, 0.1) is 6.92 Å². The summed E-state index contributed by atoms with van der Waals surface area (Å²) in [6, 6.07) is 6.35. The first kappa shape index (κ1) is 22.0. The summed E-state index contributed by atoms with van der Waals surface area (Å²) >= 11 is 1.66. The minimum absolute atomic E-state index is 0.0117. The molecular weight excluding hydrogens is 306 g/mol. The van der Waals surface area contributed by atoms with E-state index in [1.54, 1.807) is 18.9 Å². The quantitative estimate of drug-likeness (QED) is 0.682. The minimum atomic E-state index is 0.0117. The first-order valence-electron chi connectivity index (χ1n) is 8.71. The number of aryl methyl sites for hydroxylation is 1. The summed E-state index contributed by atoms with van der Waals surface area (Å²) in [5.74, 6) is 0.223. The van der Waals surface area contributed by atoms with Gasteiger partial charge in [-0.25, -0.2) is 0 Å². The fraction of sp³-hybridized carbons (Fsp3) is 0.632. The third-order valence-electron chi connectivity index (χ3n) is 3.30. The Bertz CT molecular complexity index is 463. The molecule has 2 rings (SSSR count). The number of hydrogen-bond acceptors (Lipinski definition) is 3. The summed E-state index contributed by atoms with van der Waals surface area (Å²) in [6.07, 6.45) is 1.97. The Morgan fingerprint density at radius 2 is 1.83 bits per heavy atom. The largest absolute Gasteiger partial charge is 0.385 e. The monoisotopic (exact) mass is 339 g/mol. The molecule has 4 heteroatoms. The summed E-state index contributed by atoms with van der Waals surface area (Å²) in [5, 5.41) is 0.0117. The van der Waals surface area contributed by atoms with E-state index in [4.69, 9.17) is 4.74 Å². The van der Waals surface area contributed by atoms with Gasteiger partial charge in [-0.1, -0.05) is 33.8 Å². The van der Waals surface area contributed by atoms with E-state index in [-0.39, 0.29) is 11.2 Å². The Morgan fingerprint density at radius 1 is 1.17 bits per heavy atom. The second-order valence-electron chi connectivity index (χ2n) is 4.92. The summed E-state index contributed by atoms with van der Waals surface area (Å²) < 4.78 is 5.06. The van der Waals surface area contributed by atoms with E-state index in [0.29, 0.717) is 0 Å². The van der Waals surface area contributed by atoms with Crippen molar-refractivity contribution in [2.45, 2.75) is 64.5 Å². The topological polar surface area (TPSA) is 29.5 Å². The zero-order valence-electron chi connectivity index (χ0n) is 15.8. The number of methoxy groups -OCH3 is 1. The van der Waals surface area contributed by atoms with Crippen molar-refractivity contribution in [1.29, 1.82) is 0 Å². The van der Waals surface area contributed by atoms with E-state index in [0.717, 1.165) is 31.7 Å². The molecule has 1 amide bonds. The highest BCUT2D eigenvalue weighted by Crippen LogP contribution is 2.39. The van der Waals surface area contributed by atoms with Crippen LogP contribution in [0.3, 0.4) is 0 Å². The lowest BCUT2D eigenvalue weighted by molar-refractivity contribution is -0.118. The van der Waals surface area contributed by atoms with Gasteiger partial charge in [0.25, 0.3) is 0 Å². The van der Waals surface area contributed by atoms with Gasteiger partial charge >= 0.3 is 0 Å². The van der Waals surface area contributed by atoms with Gasteiger partial charge in [0.05, 0.1) is 10.9 Å². The lowest BCUT2D eigenvalue weighted by Crippen LogP contribution is -2.40. The van der Waals surface area contributed by atoms with Crippen LogP contribution in [-0.4, -0.2) is 31.4 Å². The first-order valence-corrected chi connectivity index (χ1v) is 9.59. The van der Waals surface area contributed by atoms with E-state index in [1.165, 1.54) is 10.5 Å². The average molecular weight is 340 g/mol. The van der Waals surface area contributed by atoms with Gasteiger partial charge in [0.1, 0.15) is 0 Å². The van der Waals surface area contributed by atoms with Crippen molar-refractivity contribution < 1.29 is 9.53 Å². The fourth-order valence-electron chi connectivity index (χ4n) is 2.26. The van der Waals surface area contributed by atoms with Gasteiger partial charge in [-0.05, 0) is 44.4 Å². The van der Waals surface area contributed by atoms with Crippen molar-refractivity contribution in [3.05, 3.63) is 23.8 Å². The number of anilines is 1. The maximum absolute atomic E-state index is 12.3. The van der Waals surface area contributed by atoms with Gasteiger partial charge in [-0.3, -0.25) is 4.79 Å². The third kappa shape index (κ3) is 6.56. The highest BCUT2D eigenvalue weighted by Gasteiger charge is 2.30. The molecule has 0 bridgehead atoms. The molecule has 1 heterocycles. The number of rotatable bonds is 5. The fourth-order valence-corrected chi connectivity index (χ4v) is 3.31. The van der Waals surface area contributed by atoms with E-state index in [1.807, 2.05) is 39.5 Å². The maximum Gasteiger partial charge on any atom is 0.240 e. The predicted molar refractivity (Wildman–Crippen MR) is 103 cm³/mol. The zero-order valence-corrected chi connectivity index (χ0v) is 16.6. The van der Waals surface area contributed by atoms with Crippen molar-refractivity contribution in [1.82, 2.24) is 0 Å². The number of carbonyl (C=O) groups excluding carboxylic acids is 1. The van der Waals surface area contributed by atoms with Crippen LogP contribution in [0.1, 0.15) is 53.0 Å². The van der Waals surface area contributed by atoms with Crippen LogP contribution < -0.4 is 4.90 Å². The standard InChI is InChI=1S/C15H21NO2S.2C2H6/c1-11-6-7-14-13(10-11)16(8-4-5-9-18-3)15(17)12(2)19-14;2*1-2/h6-7,10,12H,4-5,8-9H2,1-3H3;2*1-2H3. The molecular formula is C19H33NO2S. The minimum Gasteiger partial charge on any atom is -0.385 e. The molecule has 1 aliphatic rings. The van der Waals surface area contributed by atoms with Gasteiger partial charge in [0, 0.05) is 25.2 Å². The van der Waals surface area contributed by atoms with Crippen LogP contribution in [0.25, 0.3) is 0 Å². The normalized spacial score (nSPS) is 15.9. The number of unbranched alkanes of at least 4 members (excludes halogenated alkanes) is 1. The van der Waals surface area contributed by atoms with Crippen molar-refractivity contribution in [3.63, 3.8) is 0 Å². The number of ether oxygens (including phenoxy) is 1. The Balaban J connectivity index is 0.00000112. The number of carbonyl (C=O) groups is 1. The van der Waals surface area contributed by atoms with Crippen LogP contribution in [-0.2, 0) is 9.53 Å². The Kier molecular flexibility index (Phi) is 11.9. The van der Waals surface area contributed by atoms with Crippen LogP contribution >= 0.6 is 11.8 Å². The molecule has 0 aromatic heterocycles. The third-order valence-corrected chi connectivity index (χ3v) is 4.46. The highest BCUT2D eigenvalue weighted by atomic mass is 32.2. The average Bonchev–Trinajstić information content (AvgIpc) is 2.59. The maximum atomic E-state index is 12.3. The number of hydrogen-bond donors (Lipinski definition) is 0. The Hall–Kier alpha value is -1.00. The van der Waals surface area contributed by atoms with E-state index < -0.39 is 0 Å². The molecule has 0 radical (unpaired) electrons. The number of benzene rings is 1. The van der Waals surface area contributed by atoms with E-state index in [9.17, 15) is 4.79 Å². The molecule has 1 unspecified atom stereocenters. The van der Waals surface area contributed by atoms with Crippen molar-refractivity contribution in [2.75, 3.05) is 25.2 Å². The van der Waals surface area contributed by atoms with Gasteiger partial charge < -0.3 is 9.64 Å². The zero-order chi connectivity index (χ0) is 17.8. The van der Waals surface area contributed by atoms with Crippen molar-refractivity contribution in [3.8, 4) is 0 Å². The molecule has 1 aromatic rings. The molecule has 0 saturated carbocycles. The summed E-state index contributed by atoms with van der Waals surface area (Å²) in [5.41, 5.74) is 2.27. The number of nitrogens with zero attached hydrogens (tertiary/aromatic N) is 1. The second kappa shape index (κ2) is 12.4. The molecule has 1 atom stereocenters. The number of thioether (sulfide) groups is 1. The molecule has 132 valence electrons.